The van der Waals surface area contributed by atoms with Gasteiger partial charge in [0.15, 0.2) is 0 Å². The minimum absolute atomic E-state index is 0.0422. The molecule has 4 nitrogen and oxygen atoms in total. The lowest BCUT2D eigenvalue weighted by Crippen LogP contribution is -2.12. The summed E-state index contributed by atoms with van der Waals surface area (Å²) in [5.74, 6) is -1.39. The molecule has 0 saturated carbocycles. The number of halogens is 3. The van der Waals surface area contributed by atoms with E-state index < -0.39 is 21.7 Å². The summed E-state index contributed by atoms with van der Waals surface area (Å²) in [4.78, 5) is 0.0422. The van der Waals surface area contributed by atoms with E-state index in [1.54, 1.807) is 24.3 Å². The largest absolute Gasteiger partial charge is 0.353 e. The van der Waals surface area contributed by atoms with Crippen LogP contribution >= 0.6 is 11.6 Å². The first-order valence-corrected chi connectivity index (χ1v) is 9.30. The van der Waals surface area contributed by atoms with Gasteiger partial charge in [0, 0.05) is 22.5 Å². The Balaban J connectivity index is 1.75. The lowest BCUT2D eigenvalue weighted by molar-refractivity contribution is 0.586. The fourth-order valence-electron chi connectivity index (χ4n) is 2.22. The van der Waals surface area contributed by atoms with Gasteiger partial charge in [0.05, 0.1) is 10.6 Å². The predicted octanol–water partition coefficient (Wildman–Crippen LogP) is 5.16. The highest BCUT2D eigenvalue weighted by Crippen LogP contribution is 2.24. The third kappa shape index (κ3) is 4.30. The van der Waals surface area contributed by atoms with Crippen LogP contribution in [-0.2, 0) is 10.0 Å². The van der Waals surface area contributed by atoms with Gasteiger partial charge in [0.2, 0.25) is 0 Å². The van der Waals surface area contributed by atoms with Crippen molar-refractivity contribution in [1.29, 1.82) is 0 Å². The van der Waals surface area contributed by atoms with Gasteiger partial charge in [-0.05, 0) is 54.6 Å². The lowest BCUT2D eigenvalue weighted by Gasteiger charge is -2.11. The van der Waals surface area contributed by atoms with Crippen LogP contribution in [0.1, 0.15) is 0 Å². The third-order valence-corrected chi connectivity index (χ3v) is 5.07. The van der Waals surface area contributed by atoms with E-state index in [4.69, 9.17) is 11.6 Å². The van der Waals surface area contributed by atoms with Gasteiger partial charge in [-0.1, -0.05) is 17.7 Å². The Morgan fingerprint density at radius 3 is 2.19 bits per heavy atom. The molecule has 3 aromatic rings. The summed E-state index contributed by atoms with van der Waals surface area (Å²) in [6, 6.07) is 15.3. The summed E-state index contributed by atoms with van der Waals surface area (Å²) in [5.41, 5.74) is 0.954. The van der Waals surface area contributed by atoms with Crippen LogP contribution < -0.4 is 10.0 Å². The first-order valence-electron chi connectivity index (χ1n) is 7.44. The van der Waals surface area contributed by atoms with Crippen LogP contribution in [0.3, 0.4) is 0 Å². The van der Waals surface area contributed by atoms with Crippen molar-refractivity contribution in [3.8, 4) is 0 Å². The van der Waals surface area contributed by atoms with Crippen molar-refractivity contribution in [1.82, 2.24) is 0 Å². The maximum atomic E-state index is 13.7. The average Bonchev–Trinajstić information content (AvgIpc) is 2.59. The molecule has 0 bridgehead atoms. The maximum absolute atomic E-state index is 13.7. The SMILES string of the molecule is O=S(=O)(Nc1ccc(Nc2ccc(F)cc2F)cc1)c1cccc(Cl)c1. The van der Waals surface area contributed by atoms with Gasteiger partial charge in [-0.2, -0.15) is 0 Å². The van der Waals surface area contributed by atoms with Crippen molar-refractivity contribution < 1.29 is 17.2 Å². The highest BCUT2D eigenvalue weighted by molar-refractivity contribution is 7.92. The maximum Gasteiger partial charge on any atom is 0.261 e. The second-order valence-corrected chi connectivity index (χ2v) is 7.51. The highest BCUT2D eigenvalue weighted by atomic mass is 35.5. The zero-order valence-electron chi connectivity index (χ0n) is 13.2. The normalized spacial score (nSPS) is 11.2. The standard InChI is InChI=1S/C18H13ClF2N2O2S/c19-12-2-1-3-16(10-12)26(24,25)23-15-7-5-14(6-8-15)22-18-9-4-13(20)11-17(18)21/h1-11,22-23H. The molecule has 0 aliphatic heterocycles. The summed E-state index contributed by atoms with van der Waals surface area (Å²) in [6.45, 7) is 0. The van der Waals surface area contributed by atoms with Crippen molar-refractivity contribution in [3.63, 3.8) is 0 Å². The zero-order valence-corrected chi connectivity index (χ0v) is 14.8. The molecule has 0 amide bonds. The molecule has 0 spiro atoms. The Labute approximate surface area is 154 Å². The van der Waals surface area contributed by atoms with Gasteiger partial charge in [0.25, 0.3) is 10.0 Å². The predicted molar refractivity (Wildman–Crippen MR) is 98.3 cm³/mol. The van der Waals surface area contributed by atoms with Crippen LogP contribution in [0.2, 0.25) is 5.02 Å². The van der Waals surface area contributed by atoms with E-state index in [0.717, 1.165) is 12.1 Å². The molecule has 3 rings (SSSR count). The van der Waals surface area contributed by atoms with Crippen molar-refractivity contribution in [2.24, 2.45) is 0 Å². The lowest BCUT2D eigenvalue weighted by atomic mass is 10.2. The number of nitrogens with one attached hydrogen (secondary N) is 2. The molecular weight excluding hydrogens is 382 g/mol. The van der Waals surface area contributed by atoms with E-state index in [1.165, 1.54) is 30.3 Å². The molecule has 3 aromatic carbocycles. The number of benzene rings is 3. The fourth-order valence-corrected chi connectivity index (χ4v) is 3.58. The average molecular weight is 395 g/mol. The van der Waals surface area contributed by atoms with Gasteiger partial charge in [0.1, 0.15) is 11.6 Å². The first-order chi connectivity index (χ1) is 12.3. The van der Waals surface area contributed by atoms with Crippen molar-refractivity contribution in [3.05, 3.63) is 83.4 Å². The van der Waals surface area contributed by atoms with E-state index in [-0.39, 0.29) is 10.6 Å². The van der Waals surface area contributed by atoms with Crippen LogP contribution in [-0.4, -0.2) is 8.42 Å². The Morgan fingerprint density at radius 2 is 1.54 bits per heavy atom. The Kier molecular flexibility index (Phi) is 5.11. The van der Waals surface area contributed by atoms with Crippen LogP contribution in [0, 0.1) is 11.6 Å². The van der Waals surface area contributed by atoms with Gasteiger partial charge in [-0.15, -0.1) is 0 Å². The molecule has 0 radical (unpaired) electrons. The van der Waals surface area contributed by atoms with Gasteiger partial charge >= 0.3 is 0 Å². The zero-order chi connectivity index (χ0) is 18.7. The molecule has 0 fully saturated rings. The Bertz CT molecular complexity index is 1040. The second-order valence-electron chi connectivity index (χ2n) is 5.39. The van der Waals surface area contributed by atoms with Crippen LogP contribution in [0.15, 0.2) is 71.6 Å². The summed E-state index contributed by atoms with van der Waals surface area (Å²) in [5, 5.41) is 3.11. The Hall–Kier alpha value is -2.64. The number of hydrogen-bond donors (Lipinski definition) is 2. The molecule has 0 atom stereocenters. The van der Waals surface area contributed by atoms with Gasteiger partial charge in [-0.3, -0.25) is 4.72 Å². The molecule has 0 saturated heterocycles. The van der Waals surface area contributed by atoms with E-state index in [1.807, 2.05) is 0 Å². The molecule has 0 heterocycles. The van der Waals surface area contributed by atoms with Crippen LogP contribution in [0.25, 0.3) is 0 Å². The molecule has 0 aliphatic carbocycles. The van der Waals surface area contributed by atoms with E-state index in [9.17, 15) is 17.2 Å². The van der Waals surface area contributed by atoms with E-state index in [0.29, 0.717) is 16.4 Å². The summed E-state index contributed by atoms with van der Waals surface area (Å²) < 4.78 is 53.7. The number of hydrogen-bond acceptors (Lipinski definition) is 3. The molecular formula is C18H13ClF2N2O2S. The summed E-state index contributed by atoms with van der Waals surface area (Å²) in [7, 11) is -3.78. The first kappa shape index (κ1) is 18.2. The smallest absolute Gasteiger partial charge is 0.261 e. The third-order valence-electron chi connectivity index (χ3n) is 3.45. The van der Waals surface area contributed by atoms with Crippen molar-refractivity contribution in [2.75, 3.05) is 10.0 Å². The quantitative estimate of drug-likeness (QED) is 0.628. The molecule has 0 aromatic heterocycles. The van der Waals surface area contributed by atoms with Gasteiger partial charge < -0.3 is 5.32 Å². The van der Waals surface area contributed by atoms with Crippen molar-refractivity contribution in [2.45, 2.75) is 4.90 Å². The topological polar surface area (TPSA) is 58.2 Å². The minimum Gasteiger partial charge on any atom is -0.353 e. The molecule has 2 N–H and O–H groups in total. The fraction of sp³-hybridized carbons (Fsp3) is 0. The number of anilines is 3. The van der Waals surface area contributed by atoms with E-state index in [2.05, 4.69) is 10.0 Å². The molecule has 8 heteroatoms. The number of rotatable bonds is 5. The summed E-state index contributed by atoms with van der Waals surface area (Å²) in [6.07, 6.45) is 0. The molecule has 26 heavy (non-hydrogen) atoms. The molecule has 0 unspecified atom stereocenters. The van der Waals surface area contributed by atoms with E-state index >= 15 is 0 Å². The second kappa shape index (κ2) is 7.31. The van der Waals surface area contributed by atoms with Crippen LogP contribution in [0.4, 0.5) is 25.8 Å². The monoisotopic (exact) mass is 394 g/mol. The van der Waals surface area contributed by atoms with Crippen LogP contribution in [0.5, 0.6) is 0 Å². The van der Waals surface area contributed by atoms with Gasteiger partial charge in [-0.25, -0.2) is 17.2 Å². The minimum atomic E-state index is -3.78. The molecule has 134 valence electrons. The Morgan fingerprint density at radius 1 is 0.846 bits per heavy atom. The highest BCUT2D eigenvalue weighted by Gasteiger charge is 2.14. The number of sulfonamides is 1. The summed E-state index contributed by atoms with van der Waals surface area (Å²) >= 11 is 5.82. The van der Waals surface area contributed by atoms with Crippen molar-refractivity contribution >= 4 is 38.7 Å². The molecule has 0 aliphatic rings.